The first-order valence-electron chi connectivity index (χ1n) is 4.78. The Morgan fingerprint density at radius 1 is 1.27 bits per heavy atom. The van der Waals surface area contributed by atoms with Gasteiger partial charge in [0.15, 0.2) is 0 Å². The lowest BCUT2D eigenvalue weighted by Crippen LogP contribution is -2.36. The predicted molar refractivity (Wildman–Crippen MR) is 44.4 cm³/mol. The summed E-state index contributed by atoms with van der Waals surface area (Å²) in [6.45, 7) is 0.829. The Morgan fingerprint density at radius 2 is 2.00 bits per heavy atom. The number of nitrogens with one attached hydrogen (secondary N) is 1. The fourth-order valence-electron chi connectivity index (χ4n) is 1.57. The molecule has 11 heavy (non-hydrogen) atoms. The highest BCUT2D eigenvalue weighted by Gasteiger charge is 2.27. The van der Waals surface area contributed by atoms with Crippen molar-refractivity contribution in [2.24, 2.45) is 5.92 Å². The molecule has 0 spiro atoms. The van der Waals surface area contributed by atoms with Gasteiger partial charge in [0.25, 0.3) is 0 Å². The Hall–Kier alpha value is -0.0800. The van der Waals surface area contributed by atoms with E-state index in [1.807, 2.05) is 0 Å². The van der Waals surface area contributed by atoms with Crippen LogP contribution in [0.25, 0.3) is 0 Å². The lowest BCUT2D eigenvalue weighted by Gasteiger charge is -2.30. The molecule has 64 valence electrons. The molecule has 0 amide bonds. The molecule has 0 radical (unpaired) electrons. The lowest BCUT2D eigenvalue weighted by atomic mass is 9.81. The van der Waals surface area contributed by atoms with Crippen LogP contribution in [0.1, 0.15) is 32.1 Å². The third-order valence-electron chi connectivity index (χ3n) is 2.89. The Labute approximate surface area is 68.0 Å². The molecule has 2 nitrogen and oxygen atoms in total. The molecule has 2 fully saturated rings. The summed E-state index contributed by atoms with van der Waals surface area (Å²) >= 11 is 0. The van der Waals surface area contributed by atoms with Gasteiger partial charge >= 0.3 is 0 Å². The average Bonchev–Trinajstić information content (AvgIpc) is 2.61. The van der Waals surface area contributed by atoms with E-state index in [0.29, 0.717) is 5.92 Å². The smallest absolute Gasteiger partial charge is 0.0692 e. The van der Waals surface area contributed by atoms with Gasteiger partial charge in [-0.25, -0.2) is 0 Å². The van der Waals surface area contributed by atoms with Gasteiger partial charge in [-0.15, -0.1) is 0 Å². The standard InChI is InChI=1S/C9H17NO/c11-9(7-2-1-3-7)6-10-8-4-5-8/h7-11H,1-6H2. The van der Waals surface area contributed by atoms with Crippen molar-refractivity contribution in [3.63, 3.8) is 0 Å². The quantitative estimate of drug-likeness (QED) is 0.632. The molecule has 2 saturated carbocycles. The van der Waals surface area contributed by atoms with Crippen LogP contribution < -0.4 is 5.32 Å². The predicted octanol–water partition coefficient (Wildman–Crippen LogP) is 0.899. The summed E-state index contributed by atoms with van der Waals surface area (Å²) in [5.74, 6) is 0.612. The van der Waals surface area contributed by atoms with Gasteiger partial charge in [-0.2, -0.15) is 0 Å². The summed E-state index contributed by atoms with van der Waals surface area (Å²) in [5.41, 5.74) is 0. The molecule has 1 unspecified atom stereocenters. The summed E-state index contributed by atoms with van der Waals surface area (Å²) < 4.78 is 0. The van der Waals surface area contributed by atoms with Gasteiger partial charge < -0.3 is 10.4 Å². The maximum atomic E-state index is 9.58. The second kappa shape index (κ2) is 3.11. The van der Waals surface area contributed by atoms with Gasteiger partial charge in [-0.3, -0.25) is 0 Å². The minimum absolute atomic E-state index is 0.0654. The van der Waals surface area contributed by atoms with E-state index in [1.165, 1.54) is 32.1 Å². The van der Waals surface area contributed by atoms with Crippen LogP contribution in [-0.2, 0) is 0 Å². The molecule has 2 aliphatic rings. The highest BCUT2D eigenvalue weighted by molar-refractivity contribution is 4.84. The second-order valence-corrected chi connectivity index (χ2v) is 3.94. The van der Waals surface area contributed by atoms with E-state index in [0.717, 1.165) is 12.6 Å². The third-order valence-corrected chi connectivity index (χ3v) is 2.89. The molecule has 0 aromatic carbocycles. The van der Waals surface area contributed by atoms with Crippen molar-refractivity contribution in [1.29, 1.82) is 0 Å². The Morgan fingerprint density at radius 3 is 2.45 bits per heavy atom. The molecular formula is C9H17NO. The molecule has 0 saturated heterocycles. The van der Waals surface area contributed by atoms with Crippen LogP contribution in [0.5, 0.6) is 0 Å². The summed E-state index contributed by atoms with van der Waals surface area (Å²) in [6.07, 6.45) is 6.38. The highest BCUT2D eigenvalue weighted by atomic mass is 16.3. The molecule has 0 aromatic rings. The van der Waals surface area contributed by atoms with Crippen LogP contribution in [-0.4, -0.2) is 23.8 Å². The largest absolute Gasteiger partial charge is 0.392 e. The molecule has 0 bridgehead atoms. The lowest BCUT2D eigenvalue weighted by molar-refractivity contribution is 0.0622. The molecule has 1 atom stereocenters. The molecule has 0 aliphatic heterocycles. The van der Waals surface area contributed by atoms with Gasteiger partial charge in [-0.1, -0.05) is 6.42 Å². The zero-order valence-electron chi connectivity index (χ0n) is 6.92. The maximum Gasteiger partial charge on any atom is 0.0692 e. The molecule has 0 aromatic heterocycles. The van der Waals surface area contributed by atoms with Crippen molar-refractivity contribution in [2.45, 2.75) is 44.2 Å². The first-order valence-corrected chi connectivity index (χ1v) is 4.78. The molecule has 2 rings (SSSR count). The topological polar surface area (TPSA) is 32.3 Å². The maximum absolute atomic E-state index is 9.58. The van der Waals surface area contributed by atoms with Crippen LogP contribution >= 0.6 is 0 Å². The van der Waals surface area contributed by atoms with Crippen LogP contribution in [0.2, 0.25) is 0 Å². The Balaban J connectivity index is 1.59. The van der Waals surface area contributed by atoms with Gasteiger partial charge in [-0.05, 0) is 31.6 Å². The first kappa shape index (κ1) is 7.56. The van der Waals surface area contributed by atoms with Crippen molar-refractivity contribution >= 4 is 0 Å². The van der Waals surface area contributed by atoms with Crippen LogP contribution in [0.15, 0.2) is 0 Å². The minimum atomic E-state index is -0.0654. The monoisotopic (exact) mass is 155 g/mol. The third kappa shape index (κ3) is 1.94. The fourth-order valence-corrected chi connectivity index (χ4v) is 1.57. The molecule has 2 aliphatic carbocycles. The summed E-state index contributed by atoms with van der Waals surface area (Å²) in [4.78, 5) is 0. The van der Waals surface area contributed by atoms with E-state index in [-0.39, 0.29) is 6.10 Å². The summed E-state index contributed by atoms with van der Waals surface area (Å²) in [5, 5.41) is 12.9. The SMILES string of the molecule is OC(CNC1CC1)C1CCC1. The van der Waals surface area contributed by atoms with E-state index >= 15 is 0 Å². The first-order chi connectivity index (χ1) is 5.36. The van der Waals surface area contributed by atoms with E-state index in [9.17, 15) is 5.11 Å². The zero-order chi connectivity index (χ0) is 7.68. The molecule has 0 heterocycles. The van der Waals surface area contributed by atoms with Crippen LogP contribution in [0.3, 0.4) is 0 Å². The minimum Gasteiger partial charge on any atom is -0.392 e. The van der Waals surface area contributed by atoms with Gasteiger partial charge in [0.2, 0.25) is 0 Å². The van der Waals surface area contributed by atoms with Gasteiger partial charge in [0.05, 0.1) is 6.10 Å². The van der Waals surface area contributed by atoms with Crippen LogP contribution in [0.4, 0.5) is 0 Å². The van der Waals surface area contributed by atoms with E-state index in [4.69, 9.17) is 0 Å². The van der Waals surface area contributed by atoms with Crippen molar-refractivity contribution in [3.8, 4) is 0 Å². The van der Waals surface area contributed by atoms with Gasteiger partial charge in [0, 0.05) is 12.6 Å². The number of aliphatic hydroxyl groups is 1. The highest BCUT2D eigenvalue weighted by Crippen LogP contribution is 2.29. The zero-order valence-corrected chi connectivity index (χ0v) is 6.92. The van der Waals surface area contributed by atoms with Crippen molar-refractivity contribution in [1.82, 2.24) is 5.32 Å². The molecule has 2 N–H and O–H groups in total. The van der Waals surface area contributed by atoms with E-state index in [2.05, 4.69) is 5.32 Å². The van der Waals surface area contributed by atoms with Gasteiger partial charge in [0.1, 0.15) is 0 Å². The number of rotatable bonds is 4. The van der Waals surface area contributed by atoms with Crippen LogP contribution in [0, 0.1) is 5.92 Å². The number of hydrogen-bond donors (Lipinski definition) is 2. The number of aliphatic hydroxyl groups excluding tert-OH is 1. The fraction of sp³-hybridized carbons (Fsp3) is 1.00. The number of hydrogen-bond acceptors (Lipinski definition) is 2. The Bertz CT molecular complexity index is 130. The molecule has 2 heteroatoms. The second-order valence-electron chi connectivity index (χ2n) is 3.94. The van der Waals surface area contributed by atoms with E-state index in [1.54, 1.807) is 0 Å². The average molecular weight is 155 g/mol. The summed E-state index contributed by atoms with van der Waals surface area (Å²) in [7, 11) is 0. The van der Waals surface area contributed by atoms with E-state index < -0.39 is 0 Å². The molecular weight excluding hydrogens is 138 g/mol. The summed E-state index contributed by atoms with van der Waals surface area (Å²) in [6, 6.07) is 0.740. The van der Waals surface area contributed by atoms with Crippen molar-refractivity contribution in [3.05, 3.63) is 0 Å². The Kier molecular flexibility index (Phi) is 2.14. The van der Waals surface area contributed by atoms with Crippen molar-refractivity contribution in [2.75, 3.05) is 6.54 Å². The normalized spacial score (nSPS) is 28.1. The van der Waals surface area contributed by atoms with Crippen molar-refractivity contribution < 1.29 is 5.11 Å².